The summed E-state index contributed by atoms with van der Waals surface area (Å²) in [6.07, 6.45) is 1.50. The standard InChI is InChI=1S/C20H23NO5S/c1-6-12-21(18-9-7-8-17(15(18)3)20(22)26-5)27(23,24)16-10-11-19(25-4)14(2)13-16/h6-11,13H,1,12H2,2-5H3. The lowest BCUT2D eigenvalue weighted by atomic mass is 10.1. The molecule has 2 rings (SSSR count). The van der Waals surface area contributed by atoms with Crippen LogP contribution in [0.1, 0.15) is 21.5 Å². The number of hydrogen-bond donors (Lipinski definition) is 0. The summed E-state index contributed by atoms with van der Waals surface area (Å²) >= 11 is 0. The number of hydrogen-bond acceptors (Lipinski definition) is 5. The molecule has 0 heterocycles. The van der Waals surface area contributed by atoms with Crippen molar-refractivity contribution >= 4 is 21.7 Å². The highest BCUT2D eigenvalue weighted by atomic mass is 32.2. The molecule has 0 N–H and O–H groups in total. The highest BCUT2D eigenvalue weighted by Crippen LogP contribution is 2.30. The molecule has 2 aromatic carbocycles. The molecular formula is C20H23NO5S. The first-order valence-corrected chi connectivity index (χ1v) is 9.68. The van der Waals surface area contributed by atoms with E-state index in [1.54, 1.807) is 44.2 Å². The molecule has 0 spiro atoms. The van der Waals surface area contributed by atoms with E-state index in [4.69, 9.17) is 9.47 Å². The normalized spacial score (nSPS) is 11.0. The Balaban J connectivity index is 2.62. The Labute approximate surface area is 160 Å². The van der Waals surface area contributed by atoms with Gasteiger partial charge in [-0.25, -0.2) is 13.2 Å². The van der Waals surface area contributed by atoms with E-state index in [9.17, 15) is 13.2 Å². The van der Waals surface area contributed by atoms with Gasteiger partial charge in [-0.05, 0) is 55.3 Å². The number of sulfonamides is 1. The van der Waals surface area contributed by atoms with Crippen LogP contribution in [-0.4, -0.2) is 35.2 Å². The van der Waals surface area contributed by atoms with Crippen LogP contribution in [0.25, 0.3) is 0 Å². The Kier molecular flexibility index (Phi) is 6.28. The zero-order chi connectivity index (χ0) is 20.2. The molecule has 7 heteroatoms. The summed E-state index contributed by atoms with van der Waals surface area (Å²) in [4.78, 5) is 12.1. The molecule has 0 aliphatic rings. The van der Waals surface area contributed by atoms with Gasteiger partial charge in [0.05, 0.1) is 36.9 Å². The van der Waals surface area contributed by atoms with Crippen molar-refractivity contribution in [2.75, 3.05) is 25.1 Å². The Bertz CT molecular complexity index is 966. The lowest BCUT2D eigenvalue weighted by Gasteiger charge is -2.26. The summed E-state index contributed by atoms with van der Waals surface area (Å²) in [5.74, 6) is 0.0821. The number of methoxy groups -OCH3 is 2. The fourth-order valence-electron chi connectivity index (χ4n) is 2.81. The fourth-order valence-corrected chi connectivity index (χ4v) is 4.39. The van der Waals surface area contributed by atoms with Crippen LogP contribution in [0.3, 0.4) is 0 Å². The molecule has 0 amide bonds. The molecule has 6 nitrogen and oxygen atoms in total. The number of ether oxygens (including phenoxy) is 2. The van der Waals surface area contributed by atoms with Crippen molar-refractivity contribution in [2.24, 2.45) is 0 Å². The largest absolute Gasteiger partial charge is 0.496 e. The Hall–Kier alpha value is -2.80. The summed E-state index contributed by atoms with van der Waals surface area (Å²) in [6.45, 7) is 7.18. The topological polar surface area (TPSA) is 72.9 Å². The van der Waals surface area contributed by atoms with Gasteiger partial charge < -0.3 is 9.47 Å². The highest BCUT2D eigenvalue weighted by Gasteiger charge is 2.27. The molecule has 144 valence electrons. The van der Waals surface area contributed by atoms with Crippen LogP contribution in [0, 0.1) is 13.8 Å². The summed E-state index contributed by atoms with van der Waals surface area (Å²) in [6, 6.07) is 9.55. The first kappa shape index (κ1) is 20.5. The monoisotopic (exact) mass is 389 g/mol. The third kappa shape index (κ3) is 3.98. The van der Waals surface area contributed by atoms with Gasteiger partial charge in [-0.1, -0.05) is 12.1 Å². The van der Waals surface area contributed by atoms with Crippen LogP contribution < -0.4 is 9.04 Å². The van der Waals surface area contributed by atoms with Gasteiger partial charge in [-0.15, -0.1) is 6.58 Å². The Morgan fingerprint density at radius 1 is 1.19 bits per heavy atom. The van der Waals surface area contributed by atoms with Crippen LogP contribution in [0.4, 0.5) is 5.69 Å². The molecule has 0 aliphatic heterocycles. The summed E-state index contributed by atoms with van der Waals surface area (Å²) in [5, 5.41) is 0. The van der Waals surface area contributed by atoms with E-state index in [0.717, 1.165) is 0 Å². The minimum Gasteiger partial charge on any atom is -0.496 e. The third-order valence-electron chi connectivity index (χ3n) is 4.23. The lowest BCUT2D eigenvalue weighted by molar-refractivity contribution is 0.0600. The van der Waals surface area contributed by atoms with E-state index < -0.39 is 16.0 Å². The molecule has 0 aromatic heterocycles. The Morgan fingerprint density at radius 3 is 2.44 bits per heavy atom. The van der Waals surface area contributed by atoms with E-state index in [2.05, 4.69) is 6.58 Å². The molecule has 0 atom stereocenters. The first-order valence-electron chi connectivity index (χ1n) is 8.24. The average Bonchev–Trinajstić information content (AvgIpc) is 2.65. The van der Waals surface area contributed by atoms with Gasteiger partial charge in [0.1, 0.15) is 5.75 Å². The smallest absolute Gasteiger partial charge is 0.338 e. The number of aryl methyl sites for hydroxylation is 1. The van der Waals surface area contributed by atoms with E-state index in [1.165, 1.54) is 30.7 Å². The zero-order valence-electron chi connectivity index (χ0n) is 15.9. The second-order valence-electron chi connectivity index (χ2n) is 5.90. The third-order valence-corrected chi connectivity index (χ3v) is 6.00. The molecule has 27 heavy (non-hydrogen) atoms. The van der Waals surface area contributed by atoms with Gasteiger partial charge in [-0.3, -0.25) is 4.31 Å². The summed E-state index contributed by atoms with van der Waals surface area (Å²) in [5.41, 5.74) is 1.92. The minimum absolute atomic E-state index is 0.0544. The number of benzene rings is 2. The van der Waals surface area contributed by atoms with Crippen molar-refractivity contribution in [1.29, 1.82) is 0 Å². The Morgan fingerprint density at radius 2 is 1.89 bits per heavy atom. The number of esters is 1. The molecule has 2 aromatic rings. The molecule has 0 radical (unpaired) electrons. The lowest BCUT2D eigenvalue weighted by Crippen LogP contribution is -2.32. The maximum atomic E-state index is 13.3. The van der Waals surface area contributed by atoms with Crippen LogP contribution in [0.2, 0.25) is 0 Å². The number of carbonyl (C=O) groups excluding carboxylic acids is 1. The second-order valence-corrected chi connectivity index (χ2v) is 7.76. The fraction of sp³-hybridized carbons (Fsp3) is 0.250. The number of nitrogens with zero attached hydrogens (tertiary/aromatic N) is 1. The van der Waals surface area contributed by atoms with E-state index in [1.807, 2.05) is 0 Å². The van der Waals surface area contributed by atoms with Gasteiger partial charge in [0.15, 0.2) is 0 Å². The van der Waals surface area contributed by atoms with Crippen LogP contribution in [0.15, 0.2) is 53.9 Å². The molecular weight excluding hydrogens is 366 g/mol. The highest BCUT2D eigenvalue weighted by molar-refractivity contribution is 7.92. The van der Waals surface area contributed by atoms with Crippen LogP contribution >= 0.6 is 0 Å². The van der Waals surface area contributed by atoms with Gasteiger partial charge in [-0.2, -0.15) is 0 Å². The summed E-state index contributed by atoms with van der Waals surface area (Å²) < 4.78 is 37.8. The minimum atomic E-state index is -3.88. The zero-order valence-corrected chi connectivity index (χ0v) is 16.7. The van der Waals surface area contributed by atoms with E-state index in [0.29, 0.717) is 28.1 Å². The molecule has 0 bridgehead atoms. The van der Waals surface area contributed by atoms with Crippen molar-refractivity contribution in [3.63, 3.8) is 0 Å². The predicted octanol–water partition coefficient (Wildman–Crippen LogP) is 3.48. The van der Waals surface area contributed by atoms with Crippen molar-refractivity contribution in [2.45, 2.75) is 18.7 Å². The predicted molar refractivity (Wildman–Crippen MR) is 105 cm³/mol. The second kappa shape index (κ2) is 8.26. The maximum Gasteiger partial charge on any atom is 0.338 e. The van der Waals surface area contributed by atoms with Crippen LogP contribution in [-0.2, 0) is 14.8 Å². The number of carbonyl (C=O) groups is 1. The van der Waals surface area contributed by atoms with Crippen molar-refractivity contribution in [3.8, 4) is 5.75 Å². The van der Waals surface area contributed by atoms with Gasteiger partial charge in [0, 0.05) is 0 Å². The van der Waals surface area contributed by atoms with Crippen molar-refractivity contribution in [3.05, 3.63) is 65.7 Å². The van der Waals surface area contributed by atoms with E-state index >= 15 is 0 Å². The first-order chi connectivity index (χ1) is 12.8. The average molecular weight is 389 g/mol. The SMILES string of the molecule is C=CCN(c1cccc(C(=O)OC)c1C)S(=O)(=O)c1ccc(OC)c(C)c1. The van der Waals surface area contributed by atoms with Gasteiger partial charge in [0.2, 0.25) is 0 Å². The number of rotatable bonds is 7. The summed E-state index contributed by atoms with van der Waals surface area (Å²) in [7, 11) is -1.07. The van der Waals surface area contributed by atoms with Gasteiger partial charge in [0.25, 0.3) is 10.0 Å². The van der Waals surface area contributed by atoms with Gasteiger partial charge >= 0.3 is 5.97 Å². The quantitative estimate of drug-likeness (QED) is 0.535. The molecule has 0 unspecified atom stereocenters. The maximum absolute atomic E-state index is 13.3. The van der Waals surface area contributed by atoms with Crippen molar-refractivity contribution in [1.82, 2.24) is 0 Å². The molecule has 0 aliphatic carbocycles. The number of anilines is 1. The molecule has 0 saturated carbocycles. The molecule has 0 fully saturated rings. The van der Waals surface area contributed by atoms with Crippen molar-refractivity contribution < 1.29 is 22.7 Å². The van der Waals surface area contributed by atoms with Crippen LogP contribution in [0.5, 0.6) is 5.75 Å². The van der Waals surface area contributed by atoms with E-state index in [-0.39, 0.29) is 11.4 Å². The molecule has 0 saturated heterocycles.